The van der Waals surface area contributed by atoms with E-state index >= 15 is 0 Å². The third kappa shape index (κ3) is 2.93. The summed E-state index contributed by atoms with van der Waals surface area (Å²) in [6.07, 6.45) is 0. The summed E-state index contributed by atoms with van der Waals surface area (Å²) < 4.78 is 5.22. The minimum atomic E-state index is 0.398. The number of ether oxygens (including phenoxy) is 1. The van der Waals surface area contributed by atoms with Gasteiger partial charge in [0.05, 0.1) is 12.1 Å². The van der Waals surface area contributed by atoms with Crippen molar-refractivity contribution in [2.75, 3.05) is 12.4 Å². The molecule has 1 heterocycles. The fourth-order valence-corrected chi connectivity index (χ4v) is 2.60. The van der Waals surface area contributed by atoms with Crippen molar-refractivity contribution in [1.29, 1.82) is 0 Å². The van der Waals surface area contributed by atoms with Crippen LogP contribution in [0.4, 0.5) is 5.82 Å². The van der Waals surface area contributed by atoms with E-state index in [1.165, 1.54) is 0 Å². The summed E-state index contributed by atoms with van der Waals surface area (Å²) in [7, 11) is 1.59. The number of hydrogen-bond donors (Lipinski definition) is 1. The van der Waals surface area contributed by atoms with E-state index < -0.39 is 0 Å². The third-order valence-electron chi connectivity index (χ3n) is 3.32. The molecule has 0 saturated heterocycles. The van der Waals surface area contributed by atoms with E-state index in [0.29, 0.717) is 28.3 Å². The second kappa shape index (κ2) is 6.38. The van der Waals surface area contributed by atoms with Crippen LogP contribution in [0, 0.1) is 0 Å². The van der Waals surface area contributed by atoms with E-state index in [1.807, 2.05) is 42.5 Å². The monoisotopic (exact) mass is 333 g/mol. The van der Waals surface area contributed by atoms with E-state index in [0.717, 1.165) is 16.3 Å². The molecular formula is C16H13Cl2N3O. The molecule has 2 aromatic carbocycles. The molecule has 0 radical (unpaired) electrons. The van der Waals surface area contributed by atoms with Crippen molar-refractivity contribution in [2.24, 2.45) is 0 Å². The van der Waals surface area contributed by atoms with E-state index in [2.05, 4.69) is 15.5 Å². The summed E-state index contributed by atoms with van der Waals surface area (Å²) in [4.78, 5) is 0. The fraction of sp³-hybridized carbons (Fsp3) is 0.125. The lowest BCUT2D eigenvalue weighted by molar-refractivity contribution is 0.414. The molecule has 1 N–H and O–H groups in total. The highest BCUT2D eigenvalue weighted by atomic mass is 35.5. The van der Waals surface area contributed by atoms with E-state index in [1.54, 1.807) is 7.11 Å². The van der Waals surface area contributed by atoms with Crippen molar-refractivity contribution >= 4 is 39.8 Å². The molecule has 0 atom stereocenters. The zero-order valence-electron chi connectivity index (χ0n) is 11.8. The summed E-state index contributed by atoms with van der Waals surface area (Å²) in [6, 6.07) is 13.4. The maximum absolute atomic E-state index is 6.07. The average molecular weight is 334 g/mol. The Balaban J connectivity index is 1.87. The predicted molar refractivity (Wildman–Crippen MR) is 89.9 cm³/mol. The topological polar surface area (TPSA) is 47.0 Å². The van der Waals surface area contributed by atoms with Crippen LogP contribution in [-0.2, 0) is 6.54 Å². The molecule has 3 rings (SSSR count). The number of fused-ring (bicyclic) bond motifs is 1. The Kier molecular flexibility index (Phi) is 4.32. The molecular weight excluding hydrogens is 321 g/mol. The molecule has 1 aromatic heterocycles. The summed E-state index contributed by atoms with van der Waals surface area (Å²) in [5, 5.41) is 14.2. The van der Waals surface area contributed by atoms with Gasteiger partial charge in [-0.1, -0.05) is 53.5 Å². The van der Waals surface area contributed by atoms with Crippen LogP contribution < -0.4 is 10.1 Å². The number of methoxy groups -OCH3 is 1. The second-order valence-corrected chi connectivity index (χ2v) is 5.47. The van der Waals surface area contributed by atoms with Crippen LogP contribution >= 0.6 is 23.2 Å². The van der Waals surface area contributed by atoms with Crippen molar-refractivity contribution in [1.82, 2.24) is 10.2 Å². The SMILES string of the molecule is COc1cc(CNc2nnc(Cl)c3ccccc23)ccc1Cl. The van der Waals surface area contributed by atoms with Gasteiger partial charge in [-0.3, -0.25) is 0 Å². The number of rotatable bonds is 4. The van der Waals surface area contributed by atoms with Gasteiger partial charge < -0.3 is 10.1 Å². The maximum Gasteiger partial charge on any atom is 0.159 e. The molecule has 0 aliphatic heterocycles. The van der Waals surface area contributed by atoms with E-state index in [4.69, 9.17) is 27.9 Å². The first-order valence-electron chi connectivity index (χ1n) is 6.66. The Hall–Kier alpha value is -2.04. The molecule has 112 valence electrons. The van der Waals surface area contributed by atoms with Gasteiger partial charge in [-0.15, -0.1) is 10.2 Å². The second-order valence-electron chi connectivity index (χ2n) is 4.71. The summed E-state index contributed by atoms with van der Waals surface area (Å²) in [5.41, 5.74) is 1.03. The van der Waals surface area contributed by atoms with Crippen molar-refractivity contribution in [3.8, 4) is 5.75 Å². The van der Waals surface area contributed by atoms with Gasteiger partial charge in [-0.05, 0) is 17.7 Å². The van der Waals surface area contributed by atoms with Gasteiger partial charge in [0.1, 0.15) is 5.75 Å². The molecule has 0 saturated carbocycles. The number of benzene rings is 2. The van der Waals surface area contributed by atoms with Crippen LogP contribution in [0.1, 0.15) is 5.56 Å². The van der Waals surface area contributed by atoms with Crippen molar-refractivity contribution < 1.29 is 4.74 Å². The number of nitrogens with zero attached hydrogens (tertiary/aromatic N) is 2. The zero-order valence-corrected chi connectivity index (χ0v) is 13.3. The molecule has 0 fully saturated rings. The Morgan fingerprint density at radius 2 is 1.82 bits per heavy atom. The molecule has 22 heavy (non-hydrogen) atoms. The smallest absolute Gasteiger partial charge is 0.159 e. The third-order valence-corrected chi connectivity index (χ3v) is 3.91. The van der Waals surface area contributed by atoms with Gasteiger partial charge in [-0.2, -0.15) is 0 Å². The van der Waals surface area contributed by atoms with Crippen molar-refractivity contribution in [2.45, 2.75) is 6.54 Å². The molecule has 0 bridgehead atoms. The minimum Gasteiger partial charge on any atom is -0.495 e. The van der Waals surface area contributed by atoms with Crippen LogP contribution in [-0.4, -0.2) is 17.3 Å². The first-order valence-corrected chi connectivity index (χ1v) is 7.42. The van der Waals surface area contributed by atoms with Gasteiger partial charge in [0.2, 0.25) is 0 Å². The molecule has 0 aliphatic rings. The number of anilines is 1. The highest BCUT2D eigenvalue weighted by Crippen LogP contribution is 2.27. The van der Waals surface area contributed by atoms with Crippen LogP contribution in [0.15, 0.2) is 42.5 Å². The lowest BCUT2D eigenvalue weighted by Gasteiger charge is -2.10. The van der Waals surface area contributed by atoms with Crippen LogP contribution in [0.5, 0.6) is 5.75 Å². The Labute approximate surface area is 138 Å². The maximum atomic E-state index is 6.07. The van der Waals surface area contributed by atoms with E-state index in [9.17, 15) is 0 Å². The minimum absolute atomic E-state index is 0.398. The van der Waals surface area contributed by atoms with Crippen molar-refractivity contribution in [3.05, 3.63) is 58.2 Å². The quantitative estimate of drug-likeness (QED) is 0.760. The lowest BCUT2D eigenvalue weighted by atomic mass is 10.2. The summed E-state index contributed by atoms with van der Waals surface area (Å²) in [6.45, 7) is 0.577. The molecule has 3 aromatic rings. The van der Waals surface area contributed by atoms with Crippen LogP contribution in [0.25, 0.3) is 10.8 Å². The van der Waals surface area contributed by atoms with Gasteiger partial charge in [0, 0.05) is 17.3 Å². The average Bonchev–Trinajstić information content (AvgIpc) is 2.56. The van der Waals surface area contributed by atoms with Gasteiger partial charge in [-0.25, -0.2) is 0 Å². The molecule has 4 nitrogen and oxygen atoms in total. The number of halogens is 2. The standard InChI is InChI=1S/C16H13Cl2N3O/c1-22-14-8-10(6-7-13(14)17)9-19-16-12-5-3-2-4-11(12)15(18)20-21-16/h2-8H,9H2,1H3,(H,19,21). The molecule has 6 heteroatoms. The largest absolute Gasteiger partial charge is 0.495 e. The molecule has 0 amide bonds. The van der Waals surface area contributed by atoms with Crippen LogP contribution in [0.2, 0.25) is 10.2 Å². The van der Waals surface area contributed by atoms with Crippen LogP contribution in [0.3, 0.4) is 0 Å². The molecule has 0 aliphatic carbocycles. The normalized spacial score (nSPS) is 10.7. The fourth-order valence-electron chi connectivity index (χ4n) is 2.20. The van der Waals surface area contributed by atoms with Gasteiger partial charge in [0.15, 0.2) is 11.0 Å². The highest BCUT2D eigenvalue weighted by molar-refractivity contribution is 6.34. The molecule has 0 spiro atoms. The zero-order chi connectivity index (χ0) is 15.5. The number of aromatic nitrogens is 2. The highest BCUT2D eigenvalue weighted by Gasteiger charge is 2.08. The predicted octanol–water partition coefficient (Wildman–Crippen LogP) is 4.56. The van der Waals surface area contributed by atoms with Crippen molar-refractivity contribution in [3.63, 3.8) is 0 Å². The molecule has 0 unspecified atom stereocenters. The first-order chi connectivity index (χ1) is 10.7. The first kappa shape index (κ1) is 14.9. The Morgan fingerprint density at radius 1 is 1.05 bits per heavy atom. The summed E-state index contributed by atoms with van der Waals surface area (Å²) >= 11 is 12.1. The number of hydrogen-bond acceptors (Lipinski definition) is 4. The van der Waals surface area contributed by atoms with Gasteiger partial charge >= 0.3 is 0 Å². The Bertz CT molecular complexity index is 824. The number of nitrogens with one attached hydrogen (secondary N) is 1. The van der Waals surface area contributed by atoms with E-state index in [-0.39, 0.29) is 0 Å². The van der Waals surface area contributed by atoms with Gasteiger partial charge in [0.25, 0.3) is 0 Å². The lowest BCUT2D eigenvalue weighted by Crippen LogP contribution is -2.03. The summed E-state index contributed by atoms with van der Waals surface area (Å²) in [5.74, 6) is 1.34. The Morgan fingerprint density at radius 3 is 2.59 bits per heavy atom.